The van der Waals surface area contributed by atoms with Crippen LogP contribution in [0.25, 0.3) is 0 Å². The van der Waals surface area contributed by atoms with Crippen LogP contribution in [-0.4, -0.2) is 16.9 Å². The molecule has 0 aliphatic heterocycles. The Kier molecular flexibility index (Phi) is 2.27. The summed E-state index contributed by atoms with van der Waals surface area (Å²) in [5.74, 6) is -0.855. The Balaban J connectivity index is 2.49. The molecule has 0 spiro atoms. The average molecular weight is 156 g/mol. The van der Waals surface area contributed by atoms with Gasteiger partial charge in [0, 0.05) is 11.8 Å². The van der Waals surface area contributed by atoms with Gasteiger partial charge in [0.2, 0.25) is 0 Å². The van der Waals surface area contributed by atoms with Crippen LogP contribution in [0, 0.1) is 11.8 Å². The Morgan fingerprint density at radius 1 is 1.64 bits per heavy atom. The minimum absolute atomic E-state index is 0.0170. The first-order chi connectivity index (χ1) is 5.11. The van der Waals surface area contributed by atoms with Crippen LogP contribution >= 0.6 is 0 Å². The molecule has 0 aromatic rings. The Morgan fingerprint density at radius 3 is 2.64 bits per heavy atom. The number of hydrogen-bond acceptors (Lipinski definition) is 2. The number of ketones is 1. The molecule has 1 aliphatic rings. The van der Waals surface area contributed by atoms with Gasteiger partial charge in [-0.2, -0.15) is 0 Å². The molecule has 0 aromatic heterocycles. The van der Waals surface area contributed by atoms with Gasteiger partial charge in [0.1, 0.15) is 5.78 Å². The van der Waals surface area contributed by atoms with Gasteiger partial charge in [-0.3, -0.25) is 9.59 Å². The molecule has 0 aromatic carbocycles. The van der Waals surface area contributed by atoms with Gasteiger partial charge >= 0.3 is 5.97 Å². The maximum absolute atomic E-state index is 11.2. The largest absolute Gasteiger partial charge is 0.481 e. The number of hydrogen-bond donors (Lipinski definition) is 1. The van der Waals surface area contributed by atoms with Crippen molar-refractivity contribution in [1.82, 2.24) is 0 Å². The number of carboxylic acids is 1. The molecule has 0 radical (unpaired) electrons. The molecule has 11 heavy (non-hydrogen) atoms. The first-order valence-corrected chi connectivity index (χ1v) is 3.86. The molecular weight excluding hydrogens is 144 g/mol. The van der Waals surface area contributed by atoms with Crippen molar-refractivity contribution in [3.63, 3.8) is 0 Å². The molecule has 0 saturated heterocycles. The van der Waals surface area contributed by atoms with E-state index in [4.69, 9.17) is 5.11 Å². The normalized spacial score (nSPS) is 30.8. The zero-order chi connectivity index (χ0) is 8.43. The van der Waals surface area contributed by atoms with Gasteiger partial charge in [0.15, 0.2) is 0 Å². The molecule has 2 unspecified atom stereocenters. The van der Waals surface area contributed by atoms with E-state index >= 15 is 0 Å². The number of rotatable bonds is 2. The second kappa shape index (κ2) is 3.03. The average Bonchev–Trinajstić information content (AvgIpc) is 2.18. The molecule has 62 valence electrons. The van der Waals surface area contributed by atoms with Crippen LogP contribution in [-0.2, 0) is 9.59 Å². The van der Waals surface area contributed by atoms with Gasteiger partial charge < -0.3 is 5.11 Å². The Morgan fingerprint density at radius 2 is 2.27 bits per heavy atom. The highest BCUT2D eigenvalue weighted by Crippen LogP contribution is 2.28. The summed E-state index contributed by atoms with van der Waals surface area (Å²) >= 11 is 0. The van der Waals surface area contributed by atoms with E-state index < -0.39 is 5.97 Å². The lowest BCUT2D eigenvalue weighted by molar-refractivity contribution is -0.140. The molecule has 1 rings (SSSR count). The molecule has 1 saturated carbocycles. The number of carboxylic acid groups (broad SMARTS) is 1. The first-order valence-electron chi connectivity index (χ1n) is 3.86. The molecule has 3 heteroatoms. The van der Waals surface area contributed by atoms with Crippen molar-refractivity contribution in [3.8, 4) is 0 Å². The molecule has 3 nitrogen and oxygen atoms in total. The number of carbonyl (C=O) groups excluding carboxylic acids is 1. The summed E-state index contributed by atoms with van der Waals surface area (Å²) in [5.41, 5.74) is 0. The summed E-state index contributed by atoms with van der Waals surface area (Å²) < 4.78 is 0. The first kappa shape index (κ1) is 8.24. The summed E-state index contributed by atoms with van der Waals surface area (Å²) in [6.07, 6.45) is 1.63. The van der Waals surface area contributed by atoms with Crippen LogP contribution in [0.3, 0.4) is 0 Å². The fourth-order valence-corrected chi connectivity index (χ4v) is 1.55. The van der Waals surface area contributed by atoms with Gasteiger partial charge in [-0.15, -0.1) is 0 Å². The topological polar surface area (TPSA) is 54.4 Å². The number of carbonyl (C=O) groups is 2. The van der Waals surface area contributed by atoms with E-state index in [9.17, 15) is 9.59 Å². The van der Waals surface area contributed by atoms with Gasteiger partial charge in [-0.25, -0.2) is 0 Å². The summed E-state index contributed by atoms with van der Waals surface area (Å²) in [6.45, 7) is 1.87. The smallest absolute Gasteiger partial charge is 0.304 e. The second-order valence-corrected chi connectivity index (χ2v) is 3.18. The Labute approximate surface area is 65.4 Å². The molecule has 0 amide bonds. The monoisotopic (exact) mass is 156 g/mol. The van der Waals surface area contributed by atoms with Gasteiger partial charge in [0.25, 0.3) is 0 Å². The van der Waals surface area contributed by atoms with Crippen molar-refractivity contribution in [2.75, 3.05) is 0 Å². The van der Waals surface area contributed by atoms with Crippen LogP contribution in [0.4, 0.5) is 0 Å². The van der Waals surface area contributed by atoms with E-state index in [0.29, 0.717) is 0 Å². The van der Waals surface area contributed by atoms with Gasteiger partial charge in [0.05, 0.1) is 6.42 Å². The van der Waals surface area contributed by atoms with Crippen LogP contribution in [0.2, 0.25) is 0 Å². The molecule has 0 bridgehead atoms. The summed E-state index contributed by atoms with van der Waals surface area (Å²) in [6, 6.07) is 0. The van der Waals surface area contributed by atoms with Crippen molar-refractivity contribution < 1.29 is 14.7 Å². The van der Waals surface area contributed by atoms with Gasteiger partial charge in [-0.1, -0.05) is 6.92 Å². The van der Waals surface area contributed by atoms with E-state index in [-0.39, 0.29) is 24.0 Å². The molecule has 1 aliphatic carbocycles. The minimum Gasteiger partial charge on any atom is -0.481 e. The molecule has 1 fully saturated rings. The van der Waals surface area contributed by atoms with Crippen molar-refractivity contribution in [2.24, 2.45) is 11.8 Å². The van der Waals surface area contributed by atoms with Crippen molar-refractivity contribution in [1.29, 1.82) is 0 Å². The summed E-state index contributed by atoms with van der Waals surface area (Å²) in [4.78, 5) is 21.4. The van der Waals surface area contributed by atoms with Crippen molar-refractivity contribution in [3.05, 3.63) is 0 Å². The summed E-state index contributed by atoms with van der Waals surface area (Å²) in [5, 5.41) is 8.43. The van der Waals surface area contributed by atoms with Crippen molar-refractivity contribution in [2.45, 2.75) is 26.2 Å². The maximum Gasteiger partial charge on any atom is 0.304 e. The summed E-state index contributed by atoms with van der Waals surface area (Å²) in [7, 11) is 0. The number of Topliss-reactive ketones (excluding diaryl/α,β-unsaturated/α-hetero) is 1. The number of aliphatic carboxylic acids is 1. The molecular formula is C8H12O3. The fourth-order valence-electron chi connectivity index (χ4n) is 1.55. The van der Waals surface area contributed by atoms with Crippen LogP contribution in [0.15, 0.2) is 0 Å². The standard InChI is InChI=1S/C8H12O3/c1-5-2-3-6(8(5)11)4-7(9)10/h5-6H,2-4H2,1H3,(H,9,10). The van der Waals surface area contributed by atoms with Crippen LogP contribution < -0.4 is 0 Å². The lowest BCUT2D eigenvalue weighted by Gasteiger charge is -2.02. The predicted molar refractivity (Wildman–Crippen MR) is 39.1 cm³/mol. The van der Waals surface area contributed by atoms with E-state index in [2.05, 4.69) is 0 Å². The highest BCUT2D eigenvalue weighted by Gasteiger charge is 2.32. The third-order valence-electron chi connectivity index (χ3n) is 2.26. The predicted octanol–water partition coefficient (Wildman–Crippen LogP) is 1.08. The maximum atomic E-state index is 11.2. The van der Waals surface area contributed by atoms with E-state index in [0.717, 1.165) is 12.8 Å². The van der Waals surface area contributed by atoms with Crippen LogP contribution in [0.5, 0.6) is 0 Å². The third-order valence-corrected chi connectivity index (χ3v) is 2.26. The second-order valence-electron chi connectivity index (χ2n) is 3.18. The van der Waals surface area contributed by atoms with Crippen LogP contribution in [0.1, 0.15) is 26.2 Å². The van der Waals surface area contributed by atoms with E-state index in [1.807, 2.05) is 6.92 Å². The molecule has 0 heterocycles. The molecule has 2 atom stereocenters. The Hall–Kier alpha value is -0.860. The zero-order valence-electron chi connectivity index (χ0n) is 6.54. The third kappa shape index (κ3) is 1.79. The lowest BCUT2D eigenvalue weighted by atomic mass is 10.0. The van der Waals surface area contributed by atoms with Gasteiger partial charge in [-0.05, 0) is 12.8 Å². The van der Waals surface area contributed by atoms with E-state index in [1.165, 1.54) is 0 Å². The fraction of sp³-hybridized carbons (Fsp3) is 0.750. The quantitative estimate of drug-likeness (QED) is 0.650. The molecule has 1 N–H and O–H groups in total. The SMILES string of the molecule is CC1CCC(CC(=O)O)C1=O. The highest BCUT2D eigenvalue weighted by atomic mass is 16.4. The highest BCUT2D eigenvalue weighted by molar-refractivity contribution is 5.88. The minimum atomic E-state index is -0.863. The van der Waals surface area contributed by atoms with Crippen molar-refractivity contribution >= 4 is 11.8 Å². The zero-order valence-corrected chi connectivity index (χ0v) is 6.54. The Bertz CT molecular complexity index is 186. The lowest BCUT2D eigenvalue weighted by Crippen LogP contribution is -2.15. The van der Waals surface area contributed by atoms with E-state index in [1.54, 1.807) is 0 Å².